The van der Waals surface area contributed by atoms with E-state index in [9.17, 15) is 5.11 Å². The Morgan fingerprint density at radius 2 is 2.33 bits per heavy atom. The van der Waals surface area contributed by atoms with E-state index in [0.29, 0.717) is 6.61 Å². The van der Waals surface area contributed by atoms with Crippen LogP contribution in [0.1, 0.15) is 18.6 Å². The molecule has 1 heterocycles. The third kappa shape index (κ3) is 3.49. The molecule has 0 saturated carbocycles. The van der Waals surface area contributed by atoms with Crippen LogP contribution in [0.25, 0.3) is 0 Å². The number of ether oxygens (including phenoxy) is 1. The number of methoxy groups -OCH3 is 1. The summed E-state index contributed by atoms with van der Waals surface area (Å²) >= 11 is 0. The van der Waals surface area contributed by atoms with Gasteiger partial charge in [0.1, 0.15) is 5.82 Å². The lowest BCUT2D eigenvalue weighted by Gasteiger charge is -2.18. The molecule has 15 heavy (non-hydrogen) atoms. The Labute approximate surface area is 90.5 Å². The highest BCUT2D eigenvalue weighted by Gasteiger charge is 2.05. The molecule has 0 amide bonds. The fourth-order valence-electron chi connectivity index (χ4n) is 1.25. The van der Waals surface area contributed by atoms with Crippen molar-refractivity contribution in [1.82, 2.24) is 4.98 Å². The normalized spacial score (nSPS) is 12.5. The van der Waals surface area contributed by atoms with Crippen LogP contribution in [0.4, 0.5) is 5.82 Å². The van der Waals surface area contributed by atoms with Crippen molar-refractivity contribution in [3.8, 4) is 0 Å². The van der Waals surface area contributed by atoms with Crippen LogP contribution >= 0.6 is 0 Å². The van der Waals surface area contributed by atoms with E-state index in [2.05, 4.69) is 4.98 Å². The van der Waals surface area contributed by atoms with Crippen molar-refractivity contribution in [1.29, 1.82) is 0 Å². The Morgan fingerprint density at radius 3 is 2.93 bits per heavy atom. The topological polar surface area (TPSA) is 45.6 Å². The number of likely N-dealkylation sites (N-methyl/N-ethyl adjacent to an activating group) is 1. The summed E-state index contributed by atoms with van der Waals surface area (Å²) < 4.78 is 4.99. The van der Waals surface area contributed by atoms with E-state index < -0.39 is 6.10 Å². The highest BCUT2D eigenvalue weighted by Crippen LogP contribution is 2.16. The van der Waals surface area contributed by atoms with E-state index in [1.807, 2.05) is 24.1 Å². The summed E-state index contributed by atoms with van der Waals surface area (Å²) in [6.07, 6.45) is 1.25. The largest absolute Gasteiger partial charge is 0.389 e. The summed E-state index contributed by atoms with van der Waals surface area (Å²) in [6.45, 7) is 3.19. The minimum atomic E-state index is -0.456. The predicted molar refractivity (Wildman–Crippen MR) is 60.0 cm³/mol. The number of hydrogen-bond acceptors (Lipinski definition) is 4. The van der Waals surface area contributed by atoms with Gasteiger partial charge in [0.15, 0.2) is 0 Å². The van der Waals surface area contributed by atoms with Gasteiger partial charge in [-0.25, -0.2) is 4.98 Å². The van der Waals surface area contributed by atoms with Gasteiger partial charge in [-0.05, 0) is 24.6 Å². The maximum atomic E-state index is 9.44. The number of nitrogens with zero attached hydrogens (tertiary/aromatic N) is 2. The zero-order valence-corrected chi connectivity index (χ0v) is 9.47. The molecule has 0 aliphatic carbocycles. The van der Waals surface area contributed by atoms with Gasteiger partial charge in [0, 0.05) is 26.9 Å². The molecule has 1 atom stereocenters. The molecule has 0 saturated heterocycles. The van der Waals surface area contributed by atoms with Crippen molar-refractivity contribution in [2.24, 2.45) is 0 Å². The number of rotatable bonds is 5. The third-order valence-corrected chi connectivity index (χ3v) is 2.27. The number of anilines is 1. The van der Waals surface area contributed by atoms with E-state index in [0.717, 1.165) is 17.9 Å². The number of aliphatic hydroxyl groups excluding tert-OH is 1. The average Bonchev–Trinajstić information content (AvgIpc) is 2.26. The zero-order chi connectivity index (χ0) is 11.3. The molecule has 0 aliphatic heterocycles. The number of aromatic nitrogens is 1. The van der Waals surface area contributed by atoms with Gasteiger partial charge >= 0.3 is 0 Å². The smallest absolute Gasteiger partial charge is 0.128 e. The van der Waals surface area contributed by atoms with Crippen LogP contribution in [0.2, 0.25) is 0 Å². The standard InChI is InChI=1S/C11H18N2O2/c1-9(14)10-4-5-12-11(8-10)13(2)6-7-15-3/h4-5,8-9,14H,6-7H2,1-3H3/t9-/m1/s1. The van der Waals surface area contributed by atoms with E-state index in [-0.39, 0.29) is 0 Å². The Bertz CT molecular complexity index is 302. The highest BCUT2D eigenvalue weighted by molar-refractivity contribution is 5.40. The second-order valence-electron chi connectivity index (χ2n) is 3.54. The molecular formula is C11H18N2O2. The maximum Gasteiger partial charge on any atom is 0.128 e. The molecule has 4 heteroatoms. The minimum Gasteiger partial charge on any atom is -0.389 e. The quantitative estimate of drug-likeness (QED) is 0.793. The first kappa shape index (κ1) is 11.9. The molecule has 84 valence electrons. The number of pyridine rings is 1. The summed E-state index contributed by atoms with van der Waals surface area (Å²) in [6, 6.07) is 3.71. The first-order valence-corrected chi connectivity index (χ1v) is 4.99. The van der Waals surface area contributed by atoms with Gasteiger partial charge in [-0.3, -0.25) is 0 Å². The van der Waals surface area contributed by atoms with Crippen molar-refractivity contribution in [2.45, 2.75) is 13.0 Å². The van der Waals surface area contributed by atoms with E-state index in [1.165, 1.54) is 0 Å². The lowest BCUT2D eigenvalue weighted by Crippen LogP contribution is -2.23. The average molecular weight is 210 g/mol. The number of aliphatic hydroxyl groups is 1. The molecular weight excluding hydrogens is 192 g/mol. The van der Waals surface area contributed by atoms with Gasteiger partial charge in [-0.15, -0.1) is 0 Å². The van der Waals surface area contributed by atoms with Gasteiger partial charge in [-0.2, -0.15) is 0 Å². The monoisotopic (exact) mass is 210 g/mol. The molecule has 1 aromatic rings. The van der Waals surface area contributed by atoms with Crippen molar-refractivity contribution >= 4 is 5.82 Å². The second-order valence-corrected chi connectivity index (χ2v) is 3.54. The van der Waals surface area contributed by atoms with Crippen molar-refractivity contribution in [3.05, 3.63) is 23.9 Å². The Morgan fingerprint density at radius 1 is 1.60 bits per heavy atom. The Kier molecular flexibility index (Phi) is 4.52. The van der Waals surface area contributed by atoms with Gasteiger partial charge < -0.3 is 14.7 Å². The lowest BCUT2D eigenvalue weighted by atomic mass is 10.2. The molecule has 1 rings (SSSR count). The molecule has 0 aromatic carbocycles. The Hall–Kier alpha value is -1.13. The number of hydrogen-bond donors (Lipinski definition) is 1. The van der Waals surface area contributed by atoms with Crippen LogP contribution in [-0.4, -0.2) is 37.4 Å². The second kappa shape index (κ2) is 5.68. The molecule has 0 spiro atoms. The highest BCUT2D eigenvalue weighted by atomic mass is 16.5. The van der Waals surface area contributed by atoms with E-state index >= 15 is 0 Å². The Balaban J connectivity index is 2.71. The molecule has 0 unspecified atom stereocenters. The lowest BCUT2D eigenvalue weighted by molar-refractivity contribution is 0.199. The van der Waals surface area contributed by atoms with Gasteiger partial charge in [-0.1, -0.05) is 0 Å². The molecule has 0 fully saturated rings. The maximum absolute atomic E-state index is 9.44. The van der Waals surface area contributed by atoms with Crippen molar-refractivity contribution in [3.63, 3.8) is 0 Å². The van der Waals surface area contributed by atoms with Crippen LogP contribution in [0.5, 0.6) is 0 Å². The van der Waals surface area contributed by atoms with E-state index in [1.54, 1.807) is 20.2 Å². The zero-order valence-electron chi connectivity index (χ0n) is 9.47. The van der Waals surface area contributed by atoms with Gasteiger partial charge in [0.2, 0.25) is 0 Å². The first-order valence-electron chi connectivity index (χ1n) is 4.99. The molecule has 1 aromatic heterocycles. The van der Waals surface area contributed by atoms with Crippen LogP contribution in [-0.2, 0) is 4.74 Å². The summed E-state index contributed by atoms with van der Waals surface area (Å²) in [5.74, 6) is 0.852. The van der Waals surface area contributed by atoms with Gasteiger partial charge in [0.05, 0.1) is 12.7 Å². The third-order valence-electron chi connectivity index (χ3n) is 2.27. The summed E-state index contributed by atoms with van der Waals surface area (Å²) in [4.78, 5) is 6.23. The van der Waals surface area contributed by atoms with Gasteiger partial charge in [0.25, 0.3) is 0 Å². The van der Waals surface area contributed by atoms with Crippen LogP contribution < -0.4 is 4.90 Å². The van der Waals surface area contributed by atoms with Crippen LogP contribution in [0.15, 0.2) is 18.3 Å². The van der Waals surface area contributed by atoms with Crippen LogP contribution in [0.3, 0.4) is 0 Å². The fraction of sp³-hybridized carbons (Fsp3) is 0.545. The summed E-state index contributed by atoms with van der Waals surface area (Å²) in [7, 11) is 3.63. The first-order chi connectivity index (χ1) is 7.15. The predicted octanol–water partition coefficient (Wildman–Crippen LogP) is 1.22. The molecule has 0 bridgehead atoms. The molecule has 0 aliphatic rings. The molecule has 1 N–H and O–H groups in total. The van der Waals surface area contributed by atoms with Crippen molar-refractivity contribution in [2.75, 3.05) is 32.2 Å². The summed E-state index contributed by atoms with van der Waals surface area (Å²) in [5.41, 5.74) is 0.879. The summed E-state index contributed by atoms with van der Waals surface area (Å²) in [5, 5.41) is 9.44. The SMILES string of the molecule is COCCN(C)c1cc([C@@H](C)O)ccn1. The van der Waals surface area contributed by atoms with Crippen LogP contribution in [0, 0.1) is 0 Å². The fourth-order valence-corrected chi connectivity index (χ4v) is 1.25. The minimum absolute atomic E-state index is 0.456. The van der Waals surface area contributed by atoms with Crippen molar-refractivity contribution < 1.29 is 9.84 Å². The van der Waals surface area contributed by atoms with E-state index in [4.69, 9.17) is 4.74 Å². The molecule has 0 radical (unpaired) electrons. The molecule has 4 nitrogen and oxygen atoms in total.